The first-order valence-electron chi connectivity index (χ1n) is 14.3. The maximum atomic E-state index is 13.0. The number of nitrogens with one attached hydrogen (secondary N) is 1. The van der Waals surface area contributed by atoms with Crippen molar-refractivity contribution >= 4 is 18.0 Å². The zero-order chi connectivity index (χ0) is 34.0. The summed E-state index contributed by atoms with van der Waals surface area (Å²) in [6, 6.07) is 4.52. The van der Waals surface area contributed by atoms with Crippen LogP contribution in [0.15, 0.2) is 18.2 Å². The fourth-order valence-corrected chi connectivity index (χ4v) is 3.56. The van der Waals surface area contributed by atoms with E-state index in [2.05, 4.69) is 10.2 Å². The number of hydrogen-bond acceptors (Lipinski definition) is 17. The van der Waals surface area contributed by atoms with Crippen LogP contribution >= 0.6 is 0 Å². The Balaban J connectivity index is 0.00000338. The van der Waals surface area contributed by atoms with E-state index in [-0.39, 0.29) is 43.8 Å². The third-order valence-electron chi connectivity index (χ3n) is 5.79. The zero-order valence-corrected chi connectivity index (χ0v) is 25.7. The second-order valence-electron chi connectivity index (χ2n) is 9.25. The Bertz CT molecular complexity index is 1010. The minimum Gasteiger partial charge on any atom is -0.461 e. The maximum absolute atomic E-state index is 13.0. The summed E-state index contributed by atoms with van der Waals surface area (Å²) in [5, 5.41) is 32.5. The summed E-state index contributed by atoms with van der Waals surface area (Å²) in [5.41, 5.74) is 0.610. The molecule has 46 heavy (non-hydrogen) atoms. The number of carbonyl (C=O) groups is 2. The van der Waals surface area contributed by atoms with Gasteiger partial charge in [-0.15, -0.1) is 0 Å². The van der Waals surface area contributed by atoms with E-state index in [0.29, 0.717) is 71.6 Å². The molecule has 0 saturated carbocycles. The molecule has 1 fully saturated rings. The zero-order valence-electron chi connectivity index (χ0n) is 25.7. The predicted octanol–water partition coefficient (Wildman–Crippen LogP) is -2.31. The minimum atomic E-state index is -1.55. The summed E-state index contributed by atoms with van der Waals surface area (Å²) in [6.07, 6.45) is -5.37. The molecule has 1 amide bonds. The lowest BCUT2D eigenvalue weighted by Gasteiger charge is -2.35. The third kappa shape index (κ3) is 18.1. The molecular weight excluding hydrogens is 620 g/mol. The van der Waals surface area contributed by atoms with Crippen molar-refractivity contribution < 1.29 is 77.2 Å². The van der Waals surface area contributed by atoms with Crippen molar-refractivity contribution in [1.82, 2.24) is 5.32 Å². The highest BCUT2D eigenvalue weighted by atomic mass is 16.7. The fourth-order valence-electron chi connectivity index (χ4n) is 3.56. The largest absolute Gasteiger partial charge is 0.461 e. The number of amides is 1. The molecule has 262 valence electrons. The number of hydrogen-bond donors (Lipinski definition) is 5. The molecule has 1 aliphatic rings. The van der Waals surface area contributed by atoms with E-state index in [1.165, 1.54) is 19.1 Å². The highest BCUT2D eigenvalue weighted by molar-refractivity contribution is 5.97. The molecule has 1 saturated heterocycles. The molecule has 0 aromatic heterocycles. The Kier molecular flexibility index (Phi) is 23.1. The number of rotatable bonds is 23. The first-order chi connectivity index (χ1) is 22.2. The van der Waals surface area contributed by atoms with Gasteiger partial charge in [0.25, 0.3) is 5.91 Å². The molecule has 0 spiro atoms. The number of esters is 1. The minimum absolute atomic E-state index is 0.0581. The molecule has 1 heterocycles. The fraction of sp³-hybridized carbons (Fsp3) is 0.679. The Morgan fingerprint density at radius 3 is 1.91 bits per heavy atom. The maximum Gasteiger partial charge on any atom is 0.373 e. The van der Waals surface area contributed by atoms with Gasteiger partial charge in [-0.3, -0.25) is 9.59 Å². The van der Waals surface area contributed by atoms with Gasteiger partial charge in [-0.25, -0.2) is 5.90 Å². The molecule has 2 rings (SSSR count). The molecule has 6 N–H and O–H groups in total. The Hall–Kier alpha value is -3.10. The van der Waals surface area contributed by atoms with Crippen LogP contribution in [0, 0.1) is 0 Å². The quantitative estimate of drug-likeness (QED) is 0.0468. The van der Waals surface area contributed by atoms with Crippen LogP contribution in [0.5, 0.6) is 5.75 Å². The monoisotopic (exact) mass is 664 g/mol. The van der Waals surface area contributed by atoms with Crippen LogP contribution in [0.4, 0.5) is 0 Å². The highest BCUT2D eigenvalue weighted by Crippen LogP contribution is 2.26. The number of ether oxygens (including phenoxy) is 8. The molecule has 0 bridgehead atoms. The van der Waals surface area contributed by atoms with Crippen molar-refractivity contribution in [2.24, 2.45) is 5.90 Å². The average Bonchev–Trinajstić information content (AvgIpc) is 3.04. The van der Waals surface area contributed by atoms with E-state index in [1.54, 1.807) is 6.07 Å². The number of nitrogens with two attached hydrogens (primary N) is 1. The predicted molar refractivity (Wildman–Crippen MR) is 152 cm³/mol. The van der Waals surface area contributed by atoms with Crippen LogP contribution in [0.3, 0.4) is 0 Å². The van der Waals surface area contributed by atoms with Crippen LogP contribution in [0.25, 0.3) is 0 Å². The molecule has 4 atom stereocenters. The van der Waals surface area contributed by atoms with Gasteiger partial charge in [0.05, 0.1) is 84.8 Å². The summed E-state index contributed by atoms with van der Waals surface area (Å²) in [7, 11) is 0. The van der Waals surface area contributed by atoms with Crippen LogP contribution in [0.2, 0.25) is 0 Å². The lowest BCUT2D eigenvalue weighted by atomic mass is 10.1. The van der Waals surface area contributed by atoms with Crippen LogP contribution in [0.1, 0.15) is 22.8 Å². The summed E-state index contributed by atoms with van der Waals surface area (Å²) < 4.78 is 42.8. The van der Waals surface area contributed by atoms with Crippen molar-refractivity contribution in [1.29, 1.82) is 0 Å². The second-order valence-corrected chi connectivity index (χ2v) is 9.25. The van der Waals surface area contributed by atoms with Gasteiger partial charge in [0.2, 0.25) is 6.29 Å². The third-order valence-corrected chi connectivity index (χ3v) is 5.79. The second kappa shape index (κ2) is 26.0. The van der Waals surface area contributed by atoms with Gasteiger partial charge in [-0.2, -0.15) is 9.59 Å². The summed E-state index contributed by atoms with van der Waals surface area (Å²) in [5.74, 6) is 3.95. The van der Waals surface area contributed by atoms with E-state index < -0.39 is 36.5 Å². The summed E-state index contributed by atoms with van der Waals surface area (Å²) in [6.45, 7) is 5.33. The number of benzene rings is 1. The summed E-state index contributed by atoms with van der Waals surface area (Å²) in [4.78, 5) is 44.8. The molecule has 0 aliphatic carbocycles. The molecule has 1 aromatic carbocycles. The smallest absolute Gasteiger partial charge is 0.373 e. The molecule has 1 aliphatic heterocycles. The van der Waals surface area contributed by atoms with Crippen molar-refractivity contribution in [3.8, 4) is 5.75 Å². The molecule has 1 aromatic rings. The normalized spacial score (nSPS) is 19.0. The molecule has 0 radical (unpaired) electrons. The van der Waals surface area contributed by atoms with E-state index in [0.717, 1.165) is 0 Å². The number of carbonyl (C=O) groups excluding carboxylic acids is 4. The molecule has 0 unspecified atom stereocenters. The van der Waals surface area contributed by atoms with Crippen LogP contribution < -0.4 is 16.0 Å². The van der Waals surface area contributed by atoms with Gasteiger partial charge in [0.1, 0.15) is 30.7 Å². The van der Waals surface area contributed by atoms with E-state index in [1.807, 2.05) is 0 Å². The van der Waals surface area contributed by atoms with E-state index in [9.17, 15) is 24.9 Å². The van der Waals surface area contributed by atoms with Gasteiger partial charge in [0, 0.05) is 13.5 Å². The van der Waals surface area contributed by atoms with E-state index >= 15 is 0 Å². The average molecular weight is 665 g/mol. The Morgan fingerprint density at radius 2 is 1.39 bits per heavy atom. The van der Waals surface area contributed by atoms with Crippen molar-refractivity contribution in [2.75, 3.05) is 85.8 Å². The van der Waals surface area contributed by atoms with Crippen molar-refractivity contribution in [3.05, 3.63) is 29.3 Å². The van der Waals surface area contributed by atoms with Crippen LogP contribution in [-0.4, -0.2) is 144 Å². The van der Waals surface area contributed by atoms with Gasteiger partial charge < -0.3 is 63.4 Å². The van der Waals surface area contributed by atoms with Crippen molar-refractivity contribution in [2.45, 2.75) is 38.1 Å². The van der Waals surface area contributed by atoms with Gasteiger partial charge >= 0.3 is 12.1 Å². The SMILES string of the molecule is CC(=O)OCc1ccc(O[C@@H]2OC[C@@H](O)[C@H](O)[C@H]2O)c(C(=O)NCCOCCOCCOCCOCCOCCON)c1.O=C=O. The summed E-state index contributed by atoms with van der Waals surface area (Å²) >= 11 is 0. The van der Waals surface area contributed by atoms with Gasteiger partial charge in [-0.1, -0.05) is 6.07 Å². The highest BCUT2D eigenvalue weighted by Gasteiger charge is 2.39. The molecule has 18 nitrogen and oxygen atoms in total. The Labute approximate surface area is 265 Å². The van der Waals surface area contributed by atoms with Gasteiger partial charge in [-0.05, 0) is 17.7 Å². The number of aliphatic hydroxyl groups excluding tert-OH is 3. The lowest BCUT2D eigenvalue weighted by molar-refractivity contribution is -0.242. The molecule has 18 heteroatoms. The van der Waals surface area contributed by atoms with E-state index in [4.69, 9.17) is 53.4 Å². The standard InChI is InChI=1S/C27H44N2O14.CO2/c1-19(30)40-17-20-2-3-23(43-27-25(33)24(32)22(31)18-41-27)21(16-20)26(34)29-4-5-35-6-7-36-8-9-37-10-11-38-12-13-39-14-15-42-28;2-1-3/h2-3,16,22,24-25,27,31-33H,4-15,17-18,28H2,1H3,(H,29,34);/t22-,24+,25-,27+;/m1./s1. The topological polar surface area (TPSA) is 250 Å². The first-order valence-corrected chi connectivity index (χ1v) is 14.3. The first kappa shape index (κ1) is 40.9. The van der Waals surface area contributed by atoms with Crippen LogP contribution in [-0.2, 0) is 59.0 Å². The number of aliphatic hydroxyl groups is 3. The van der Waals surface area contributed by atoms with Crippen molar-refractivity contribution in [3.63, 3.8) is 0 Å². The lowest BCUT2D eigenvalue weighted by Crippen LogP contribution is -2.54. The van der Waals surface area contributed by atoms with Gasteiger partial charge in [0.15, 0.2) is 0 Å². The molecular formula is C28H44N2O16. The Morgan fingerprint density at radius 1 is 0.870 bits per heavy atom.